The molecule has 1 amide bonds. The first kappa shape index (κ1) is 12.9. The van der Waals surface area contributed by atoms with E-state index in [-0.39, 0.29) is 25.0 Å². The van der Waals surface area contributed by atoms with Crippen LogP contribution in [0.2, 0.25) is 0 Å². The van der Waals surface area contributed by atoms with Gasteiger partial charge in [-0.25, -0.2) is 4.79 Å². The summed E-state index contributed by atoms with van der Waals surface area (Å²) in [4.78, 5) is 22.4. The van der Waals surface area contributed by atoms with Crippen LogP contribution in [0.25, 0.3) is 0 Å². The van der Waals surface area contributed by atoms with E-state index in [1.807, 2.05) is 0 Å². The number of carboxylic acid groups (broad SMARTS) is 1. The maximum atomic E-state index is 11.7. The molecule has 0 aromatic heterocycles. The summed E-state index contributed by atoms with van der Waals surface area (Å²) in [5.41, 5.74) is 0. The number of aliphatic carboxylic acids is 1. The van der Waals surface area contributed by atoms with Crippen LogP contribution >= 0.6 is 0 Å². The lowest BCUT2D eigenvalue weighted by molar-refractivity contribution is -0.142. The zero-order valence-electron chi connectivity index (χ0n) is 9.11. The van der Waals surface area contributed by atoms with Gasteiger partial charge in [-0.05, 0) is 19.4 Å². The van der Waals surface area contributed by atoms with Crippen molar-refractivity contribution in [2.45, 2.75) is 37.8 Å². The number of hydrogen-bond donors (Lipinski definition) is 4. The first-order chi connectivity index (χ1) is 7.65. The Morgan fingerprint density at radius 1 is 1.44 bits per heavy atom. The lowest BCUT2D eigenvalue weighted by atomic mass is 10.0. The third-order valence-electron chi connectivity index (χ3n) is 2.66. The van der Waals surface area contributed by atoms with Crippen LogP contribution in [0.5, 0.6) is 0 Å². The van der Waals surface area contributed by atoms with E-state index >= 15 is 0 Å². The molecule has 1 heterocycles. The van der Waals surface area contributed by atoms with Crippen LogP contribution in [0.3, 0.4) is 0 Å². The van der Waals surface area contributed by atoms with Crippen LogP contribution in [-0.4, -0.2) is 47.3 Å². The van der Waals surface area contributed by atoms with Gasteiger partial charge in [0.1, 0.15) is 6.04 Å². The van der Waals surface area contributed by atoms with Crippen LogP contribution in [0.1, 0.15) is 25.7 Å². The van der Waals surface area contributed by atoms with Gasteiger partial charge in [-0.2, -0.15) is 0 Å². The topological polar surface area (TPSA) is 98.7 Å². The summed E-state index contributed by atoms with van der Waals surface area (Å²) < 4.78 is 0. The van der Waals surface area contributed by atoms with E-state index in [9.17, 15) is 9.59 Å². The number of piperidine rings is 1. The highest BCUT2D eigenvalue weighted by atomic mass is 16.4. The van der Waals surface area contributed by atoms with Gasteiger partial charge >= 0.3 is 5.97 Å². The minimum absolute atomic E-state index is 0.0355. The molecule has 6 nitrogen and oxygen atoms in total. The van der Waals surface area contributed by atoms with Crippen molar-refractivity contribution in [3.63, 3.8) is 0 Å². The molecule has 16 heavy (non-hydrogen) atoms. The van der Waals surface area contributed by atoms with Gasteiger partial charge < -0.3 is 20.8 Å². The molecule has 1 rings (SSSR count). The van der Waals surface area contributed by atoms with Crippen molar-refractivity contribution in [2.75, 3.05) is 13.2 Å². The van der Waals surface area contributed by atoms with E-state index < -0.39 is 12.0 Å². The van der Waals surface area contributed by atoms with Crippen LogP contribution in [0, 0.1) is 0 Å². The molecule has 0 saturated carbocycles. The Hall–Kier alpha value is -1.14. The smallest absolute Gasteiger partial charge is 0.326 e. The number of nitrogens with one attached hydrogen (secondary N) is 2. The Kier molecular flexibility index (Phi) is 5.21. The molecule has 1 fully saturated rings. The van der Waals surface area contributed by atoms with E-state index in [1.54, 1.807) is 0 Å². The molecule has 0 unspecified atom stereocenters. The van der Waals surface area contributed by atoms with Crippen molar-refractivity contribution in [3.8, 4) is 0 Å². The van der Waals surface area contributed by atoms with Gasteiger partial charge in [-0.3, -0.25) is 4.79 Å². The number of rotatable bonds is 5. The zero-order chi connectivity index (χ0) is 12.0. The SMILES string of the molecule is O=C(O)[C@H](CCO)NC(=O)[C@H]1CCCCN1. The average Bonchev–Trinajstić information content (AvgIpc) is 2.29. The van der Waals surface area contributed by atoms with E-state index in [2.05, 4.69) is 10.6 Å². The van der Waals surface area contributed by atoms with Crippen molar-refractivity contribution in [2.24, 2.45) is 0 Å². The number of hydrogen-bond acceptors (Lipinski definition) is 4. The Morgan fingerprint density at radius 2 is 2.19 bits per heavy atom. The molecule has 0 aromatic carbocycles. The molecule has 0 aliphatic carbocycles. The summed E-state index contributed by atoms with van der Waals surface area (Å²) in [7, 11) is 0. The van der Waals surface area contributed by atoms with Crippen molar-refractivity contribution in [1.29, 1.82) is 0 Å². The van der Waals surface area contributed by atoms with Gasteiger partial charge in [-0.15, -0.1) is 0 Å². The van der Waals surface area contributed by atoms with E-state index in [4.69, 9.17) is 10.2 Å². The summed E-state index contributed by atoms with van der Waals surface area (Å²) in [6.07, 6.45) is 2.79. The molecule has 6 heteroatoms. The Morgan fingerprint density at radius 3 is 2.69 bits per heavy atom. The molecule has 0 radical (unpaired) electrons. The minimum Gasteiger partial charge on any atom is -0.480 e. The predicted molar refractivity (Wildman–Crippen MR) is 56.9 cm³/mol. The number of aliphatic hydroxyl groups is 1. The fourth-order valence-corrected chi connectivity index (χ4v) is 1.73. The Labute approximate surface area is 94.0 Å². The molecule has 1 aliphatic heterocycles. The third-order valence-corrected chi connectivity index (χ3v) is 2.66. The van der Waals surface area contributed by atoms with Gasteiger partial charge in [0.2, 0.25) is 5.91 Å². The van der Waals surface area contributed by atoms with Crippen molar-refractivity contribution < 1.29 is 19.8 Å². The van der Waals surface area contributed by atoms with Crippen LogP contribution < -0.4 is 10.6 Å². The summed E-state index contributed by atoms with van der Waals surface area (Å²) in [6, 6.07) is -1.30. The highest BCUT2D eigenvalue weighted by Gasteiger charge is 2.25. The highest BCUT2D eigenvalue weighted by molar-refractivity contribution is 5.86. The summed E-state index contributed by atoms with van der Waals surface area (Å²) in [6.45, 7) is 0.533. The molecule has 92 valence electrons. The molecular weight excluding hydrogens is 212 g/mol. The lowest BCUT2D eigenvalue weighted by Crippen LogP contribution is -2.51. The van der Waals surface area contributed by atoms with E-state index in [0.29, 0.717) is 0 Å². The zero-order valence-corrected chi connectivity index (χ0v) is 9.11. The van der Waals surface area contributed by atoms with Crippen LogP contribution in [-0.2, 0) is 9.59 Å². The third kappa shape index (κ3) is 3.79. The molecule has 0 aromatic rings. The molecule has 0 bridgehead atoms. The van der Waals surface area contributed by atoms with Crippen LogP contribution in [0.15, 0.2) is 0 Å². The lowest BCUT2D eigenvalue weighted by Gasteiger charge is -2.24. The van der Waals surface area contributed by atoms with Crippen molar-refractivity contribution in [1.82, 2.24) is 10.6 Å². The van der Waals surface area contributed by atoms with Gasteiger partial charge in [0.05, 0.1) is 6.04 Å². The summed E-state index contributed by atoms with van der Waals surface area (Å²) >= 11 is 0. The molecule has 2 atom stereocenters. The second-order valence-corrected chi connectivity index (χ2v) is 3.91. The first-order valence-corrected chi connectivity index (χ1v) is 5.52. The molecular formula is C10H18N2O4. The number of aliphatic hydroxyl groups excluding tert-OH is 1. The normalized spacial score (nSPS) is 22.4. The average molecular weight is 230 g/mol. The predicted octanol–water partition coefficient (Wildman–Crippen LogP) is -0.920. The van der Waals surface area contributed by atoms with Gasteiger partial charge in [-0.1, -0.05) is 6.42 Å². The van der Waals surface area contributed by atoms with E-state index in [1.165, 1.54) is 0 Å². The number of carbonyl (C=O) groups excluding carboxylic acids is 1. The fraction of sp³-hybridized carbons (Fsp3) is 0.800. The maximum Gasteiger partial charge on any atom is 0.326 e. The summed E-state index contributed by atoms with van der Waals surface area (Å²) in [5, 5.41) is 22.9. The molecule has 4 N–H and O–H groups in total. The Bertz CT molecular complexity index is 251. The molecule has 1 saturated heterocycles. The highest BCUT2D eigenvalue weighted by Crippen LogP contribution is 2.07. The number of amides is 1. The fourth-order valence-electron chi connectivity index (χ4n) is 1.73. The molecule has 1 aliphatic rings. The van der Waals surface area contributed by atoms with Crippen LogP contribution in [0.4, 0.5) is 0 Å². The Balaban J connectivity index is 2.43. The monoisotopic (exact) mass is 230 g/mol. The van der Waals surface area contributed by atoms with Crippen molar-refractivity contribution in [3.05, 3.63) is 0 Å². The standard InChI is InChI=1S/C10H18N2O4/c13-6-4-8(10(15)16)12-9(14)7-3-1-2-5-11-7/h7-8,11,13H,1-6H2,(H,12,14)(H,15,16)/t7-,8+/m1/s1. The quantitative estimate of drug-likeness (QED) is 0.489. The largest absolute Gasteiger partial charge is 0.480 e. The van der Waals surface area contributed by atoms with Gasteiger partial charge in [0.25, 0.3) is 0 Å². The maximum absolute atomic E-state index is 11.7. The van der Waals surface area contributed by atoms with Crippen molar-refractivity contribution >= 4 is 11.9 Å². The van der Waals surface area contributed by atoms with E-state index in [0.717, 1.165) is 25.8 Å². The van der Waals surface area contributed by atoms with Gasteiger partial charge in [0, 0.05) is 13.0 Å². The number of carboxylic acids is 1. The number of carbonyl (C=O) groups is 2. The summed E-state index contributed by atoms with van der Waals surface area (Å²) in [5.74, 6) is -1.40. The minimum atomic E-state index is -1.11. The van der Waals surface area contributed by atoms with Gasteiger partial charge in [0.15, 0.2) is 0 Å². The first-order valence-electron chi connectivity index (χ1n) is 5.52. The second-order valence-electron chi connectivity index (χ2n) is 3.91. The molecule has 0 spiro atoms. The second kappa shape index (κ2) is 6.44.